The fourth-order valence-electron chi connectivity index (χ4n) is 2.01. The van der Waals surface area contributed by atoms with Crippen LogP contribution in [-0.2, 0) is 0 Å². The van der Waals surface area contributed by atoms with Crippen molar-refractivity contribution in [2.24, 2.45) is 0 Å². The molecule has 3 aromatic rings. The van der Waals surface area contributed by atoms with Gasteiger partial charge in [0.1, 0.15) is 12.0 Å². The Morgan fingerprint density at radius 1 is 1.33 bits per heavy atom. The first kappa shape index (κ1) is 16.1. The molecule has 0 fully saturated rings. The van der Waals surface area contributed by atoms with E-state index in [1.54, 1.807) is 0 Å². The molecule has 24 heavy (non-hydrogen) atoms. The number of pyridine rings is 1. The maximum Gasteiger partial charge on any atom is 0.288 e. The number of hydrogen-bond donors (Lipinski definition) is 1. The van der Waals surface area contributed by atoms with E-state index in [-0.39, 0.29) is 11.7 Å². The van der Waals surface area contributed by atoms with Crippen LogP contribution in [0.2, 0.25) is 0 Å². The minimum atomic E-state index is -0.504. The van der Waals surface area contributed by atoms with Crippen molar-refractivity contribution in [3.8, 4) is 11.5 Å². The average molecular weight is 390 g/mol. The van der Waals surface area contributed by atoms with Crippen LogP contribution in [0.4, 0.5) is 11.5 Å². The predicted octanol–water partition coefficient (Wildman–Crippen LogP) is 3.98. The monoisotopic (exact) mass is 389 g/mol. The summed E-state index contributed by atoms with van der Waals surface area (Å²) in [5.74, 6) is 1.34. The van der Waals surface area contributed by atoms with Crippen molar-refractivity contribution >= 4 is 27.4 Å². The van der Waals surface area contributed by atoms with E-state index in [2.05, 4.69) is 36.4 Å². The van der Waals surface area contributed by atoms with Crippen molar-refractivity contribution in [3.05, 3.63) is 63.0 Å². The summed E-state index contributed by atoms with van der Waals surface area (Å²) in [6.07, 6.45) is 1.19. The summed E-state index contributed by atoms with van der Waals surface area (Å²) >= 11 is 3.26. The first-order valence-electron chi connectivity index (χ1n) is 7.00. The second-order valence-electron chi connectivity index (χ2n) is 4.97. The third kappa shape index (κ3) is 3.40. The van der Waals surface area contributed by atoms with Crippen LogP contribution in [0.5, 0.6) is 0 Å². The standard InChI is InChI=1S/C15H12BrN5O3/c1-9(18-14-12(16)7-11(8-17-14)21(22)23)13-19-15(24-20-13)10-5-3-2-4-6-10/h2-9H,1H3,(H,17,18). The fourth-order valence-corrected chi connectivity index (χ4v) is 2.46. The number of halogens is 1. The fraction of sp³-hybridized carbons (Fsp3) is 0.133. The maximum absolute atomic E-state index is 10.7. The van der Waals surface area contributed by atoms with E-state index >= 15 is 0 Å². The molecule has 2 heterocycles. The topological polar surface area (TPSA) is 107 Å². The molecule has 1 unspecified atom stereocenters. The summed E-state index contributed by atoms with van der Waals surface area (Å²) in [4.78, 5) is 18.6. The highest BCUT2D eigenvalue weighted by Gasteiger charge is 2.17. The summed E-state index contributed by atoms with van der Waals surface area (Å²) in [5.41, 5.74) is 0.740. The SMILES string of the molecule is CC(Nc1ncc([N+](=O)[O-])cc1Br)c1noc(-c2ccccc2)n1. The average Bonchev–Trinajstić information content (AvgIpc) is 3.07. The van der Waals surface area contributed by atoms with Gasteiger partial charge in [-0.15, -0.1) is 0 Å². The summed E-state index contributed by atoms with van der Waals surface area (Å²) in [6, 6.07) is 10.5. The van der Waals surface area contributed by atoms with Crippen LogP contribution in [0.25, 0.3) is 11.5 Å². The lowest BCUT2D eigenvalue weighted by atomic mass is 10.2. The van der Waals surface area contributed by atoms with Crippen molar-refractivity contribution < 1.29 is 9.45 Å². The predicted molar refractivity (Wildman–Crippen MR) is 90.4 cm³/mol. The third-order valence-electron chi connectivity index (χ3n) is 3.24. The van der Waals surface area contributed by atoms with Crippen LogP contribution in [0, 0.1) is 10.1 Å². The zero-order chi connectivity index (χ0) is 17.1. The molecule has 0 saturated carbocycles. The van der Waals surface area contributed by atoms with Crippen molar-refractivity contribution in [2.45, 2.75) is 13.0 Å². The Bertz CT molecular complexity index is 869. The van der Waals surface area contributed by atoms with Gasteiger partial charge >= 0.3 is 0 Å². The van der Waals surface area contributed by atoms with E-state index in [1.807, 2.05) is 37.3 Å². The minimum absolute atomic E-state index is 0.0917. The van der Waals surface area contributed by atoms with Crippen LogP contribution in [0.15, 0.2) is 51.6 Å². The highest BCUT2D eigenvalue weighted by atomic mass is 79.9. The van der Waals surface area contributed by atoms with Gasteiger partial charge in [-0.05, 0) is 35.0 Å². The van der Waals surface area contributed by atoms with E-state index in [9.17, 15) is 10.1 Å². The molecule has 3 rings (SSSR count). The number of nitro groups is 1. The van der Waals surface area contributed by atoms with Crippen LogP contribution in [0.1, 0.15) is 18.8 Å². The van der Waals surface area contributed by atoms with E-state index < -0.39 is 4.92 Å². The molecular formula is C15H12BrN5O3. The van der Waals surface area contributed by atoms with Crippen molar-refractivity contribution in [1.29, 1.82) is 0 Å². The molecule has 0 bridgehead atoms. The number of benzene rings is 1. The second kappa shape index (κ2) is 6.75. The molecule has 0 amide bonds. The molecule has 2 aromatic heterocycles. The van der Waals surface area contributed by atoms with Crippen molar-refractivity contribution in [3.63, 3.8) is 0 Å². The van der Waals surface area contributed by atoms with Crippen molar-refractivity contribution in [2.75, 3.05) is 5.32 Å². The molecule has 1 aromatic carbocycles. The van der Waals surface area contributed by atoms with Gasteiger partial charge in [-0.3, -0.25) is 10.1 Å². The summed E-state index contributed by atoms with van der Waals surface area (Å²) < 4.78 is 5.75. The molecule has 0 aliphatic rings. The highest BCUT2D eigenvalue weighted by molar-refractivity contribution is 9.10. The highest BCUT2D eigenvalue weighted by Crippen LogP contribution is 2.27. The molecule has 0 aliphatic heterocycles. The quantitative estimate of drug-likeness (QED) is 0.519. The van der Waals surface area contributed by atoms with Gasteiger partial charge in [0.2, 0.25) is 0 Å². The number of anilines is 1. The van der Waals surface area contributed by atoms with Crippen molar-refractivity contribution in [1.82, 2.24) is 15.1 Å². The molecule has 1 N–H and O–H groups in total. The van der Waals surface area contributed by atoms with Crippen LogP contribution in [0.3, 0.4) is 0 Å². The summed E-state index contributed by atoms with van der Waals surface area (Å²) in [5, 5.41) is 17.8. The molecule has 0 radical (unpaired) electrons. The lowest BCUT2D eigenvalue weighted by Crippen LogP contribution is -2.10. The zero-order valence-electron chi connectivity index (χ0n) is 12.5. The van der Waals surface area contributed by atoms with Gasteiger partial charge < -0.3 is 9.84 Å². The van der Waals surface area contributed by atoms with E-state index in [0.29, 0.717) is 22.0 Å². The molecular weight excluding hydrogens is 378 g/mol. The number of rotatable bonds is 5. The Morgan fingerprint density at radius 3 is 2.75 bits per heavy atom. The Morgan fingerprint density at radius 2 is 2.08 bits per heavy atom. The van der Waals surface area contributed by atoms with Crippen LogP contribution >= 0.6 is 15.9 Å². The molecule has 9 heteroatoms. The van der Waals surface area contributed by atoms with E-state index in [1.165, 1.54) is 12.3 Å². The van der Waals surface area contributed by atoms with Gasteiger partial charge in [0, 0.05) is 11.6 Å². The number of nitrogens with one attached hydrogen (secondary N) is 1. The lowest BCUT2D eigenvalue weighted by molar-refractivity contribution is -0.385. The van der Waals surface area contributed by atoms with E-state index in [0.717, 1.165) is 5.56 Å². The Hall–Kier alpha value is -2.81. The molecule has 1 atom stereocenters. The maximum atomic E-state index is 10.7. The first-order chi connectivity index (χ1) is 11.5. The largest absolute Gasteiger partial charge is 0.359 e. The molecule has 122 valence electrons. The first-order valence-corrected chi connectivity index (χ1v) is 7.79. The summed E-state index contributed by atoms with van der Waals surface area (Å²) in [7, 11) is 0. The molecule has 0 spiro atoms. The number of aromatic nitrogens is 3. The van der Waals surface area contributed by atoms with Gasteiger partial charge in [0.05, 0.1) is 15.4 Å². The Kier molecular flexibility index (Phi) is 4.52. The second-order valence-corrected chi connectivity index (χ2v) is 5.83. The zero-order valence-corrected chi connectivity index (χ0v) is 14.1. The molecule has 8 nitrogen and oxygen atoms in total. The molecule has 0 saturated heterocycles. The smallest absolute Gasteiger partial charge is 0.288 e. The lowest BCUT2D eigenvalue weighted by Gasteiger charge is -2.11. The third-order valence-corrected chi connectivity index (χ3v) is 3.85. The molecule has 0 aliphatic carbocycles. The summed E-state index contributed by atoms with van der Waals surface area (Å²) in [6.45, 7) is 1.84. The van der Waals surface area contributed by atoms with E-state index in [4.69, 9.17) is 4.52 Å². The van der Waals surface area contributed by atoms with Gasteiger partial charge in [0.25, 0.3) is 11.6 Å². The minimum Gasteiger partial charge on any atom is -0.359 e. The van der Waals surface area contributed by atoms with Gasteiger partial charge in [-0.25, -0.2) is 4.98 Å². The normalized spacial score (nSPS) is 11.9. The van der Waals surface area contributed by atoms with Crippen LogP contribution < -0.4 is 5.32 Å². The Labute approximate surface area is 145 Å². The number of hydrogen-bond acceptors (Lipinski definition) is 7. The number of nitrogens with zero attached hydrogens (tertiary/aromatic N) is 4. The van der Waals surface area contributed by atoms with Gasteiger partial charge in [-0.1, -0.05) is 23.4 Å². The van der Waals surface area contributed by atoms with Gasteiger partial charge in [0.15, 0.2) is 5.82 Å². The Balaban J connectivity index is 1.77. The van der Waals surface area contributed by atoms with Crippen LogP contribution in [-0.4, -0.2) is 20.0 Å². The van der Waals surface area contributed by atoms with Gasteiger partial charge in [-0.2, -0.15) is 4.98 Å².